The minimum absolute atomic E-state index is 0.0284. The van der Waals surface area contributed by atoms with Gasteiger partial charge in [0.05, 0.1) is 22.4 Å². The van der Waals surface area contributed by atoms with E-state index in [4.69, 9.17) is 9.97 Å². The van der Waals surface area contributed by atoms with Crippen molar-refractivity contribution >= 4 is 179 Å². The first kappa shape index (κ1) is 87.9. The van der Waals surface area contributed by atoms with Crippen molar-refractivity contribution in [2.24, 2.45) is 0 Å². The van der Waals surface area contributed by atoms with Crippen molar-refractivity contribution in [3.8, 4) is 22.5 Å². The highest BCUT2D eigenvalue weighted by Crippen LogP contribution is 2.42. The Morgan fingerprint density at radius 2 is 0.394 bits per heavy atom. The molecule has 6 heteroatoms. The standard InChI is InChI=1S/2C63H59B2N/c1-36-28-40(5)58(41(6)29-36)64(59-42(7)30-37(2)31-43(59)8)54-22-17-23-55(65(60-44(9)32-38(3)33-45(60)10)61-46(11)34-39(4)35-47(61)12)57(54)63-53-27-24-48-18-13-15-20-50(48)56(53)52-26-25-49-19-14-16-21-51(49)62(52)66-63;1-36-25-40(5)58(41(6)26-36)64(59-42(7)27-37(2)28-43(59)8)51-33-50(34-52(35-51)65(60-44(9)29-38(3)30-45(60)10)61-46(11)31-39(4)32-47(61)12)62-55-23-21-48-17-13-15-19-53(48)57(55)56-24-22-49-18-14-16-20-54(49)63(56)66-62/h2*13-35H,1-12H3. The third kappa shape index (κ3) is 15.5. The van der Waals surface area contributed by atoms with Gasteiger partial charge in [-0.15, -0.1) is 0 Å². The van der Waals surface area contributed by atoms with Crippen LogP contribution in [0.1, 0.15) is 134 Å². The molecule has 0 aliphatic rings. The quantitative estimate of drug-likeness (QED) is 0.0801. The van der Waals surface area contributed by atoms with E-state index in [1.54, 1.807) is 0 Å². The van der Waals surface area contributed by atoms with Gasteiger partial charge in [-0.1, -0.05) is 478 Å². The normalized spacial score (nSPS) is 11.6. The zero-order valence-corrected chi connectivity index (χ0v) is 81.8. The van der Waals surface area contributed by atoms with E-state index in [1.807, 2.05) is 0 Å². The Kier molecular flexibility index (Phi) is 23.1. The van der Waals surface area contributed by atoms with Crippen LogP contribution in [0.4, 0.5) is 0 Å². The lowest BCUT2D eigenvalue weighted by molar-refractivity contribution is 1.33. The molecule has 644 valence electrons. The van der Waals surface area contributed by atoms with Crippen LogP contribution in [0.15, 0.2) is 279 Å². The van der Waals surface area contributed by atoms with E-state index in [9.17, 15) is 0 Å². The first-order chi connectivity index (χ1) is 63.4. The Hall–Kier alpha value is -13.4. The van der Waals surface area contributed by atoms with Gasteiger partial charge in [-0.2, -0.15) is 0 Å². The molecule has 0 unspecified atom stereocenters. The number of fused-ring (bicyclic) bond motifs is 14. The fraction of sp³-hybridized carbons (Fsp3) is 0.190. The first-order valence-electron chi connectivity index (χ1n) is 47.5. The van der Waals surface area contributed by atoms with Gasteiger partial charge in [-0.05, 0) is 210 Å². The number of nitrogens with zero attached hydrogens (tertiary/aromatic N) is 2. The summed E-state index contributed by atoms with van der Waals surface area (Å²) in [6, 6.07) is 107. The average molecular weight is 1700 g/mol. The molecule has 0 bridgehead atoms. The van der Waals surface area contributed by atoms with Gasteiger partial charge in [0.25, 0.3) is 0 Å². The van der Waals surface area contributed by atoms with Crippen LogP contribution in [0.2, 0.25) is 0 Å². The molecule has 0 atom stereocenters. The van der Waals surface area contributed by atoms with E-state index in [2.05, 4.69) is 445 Å². The number of aryl methyl sites for hydroxylation is 24. The summed E-state index contributed by atoms with van der Waals surface area (Å²) in [6.07, 6.45) is 0. The zero-order chi connectivity index (χ0) is 92.6. The summed E-state index contributed by atoms with van der Waals surface area (Å²) in [7, 11) is 0. The first-order valence-corrected chi connectivity index (χ1v) is 47.5. The number of benzene rings is 18. The van der Waals surface area contributed by atoms with Crippen molar-refractivity contribution in [3.63, 3.8) is 0 Å². The summed E-state index contributed by atoms with van der Waals surface area (Å²) in [5.74, 6) is 0. The van der Waals surface area contributed by atoms with Gasteiger partial charge in [-0.25, -0.2) is 9.97 Å². The molecule has 0 amide bonds. The molecule has 2 heterocycles. The van der Waals surface area contributed by atoms with Crippen molar-refractivity contribution in [3.05, 3.63) is 413 Å². The Labute approximate surface area is 784 Å². The maximum absolute atomic E-state index is 6.11. The summed E-state index contributed by atoms with van der Waals surface area (Å²) < 4.78 is 0. The number of hydrogen-bond acceptors (Lipinski definition) is 2. The van der Waals surface area contributed by atoms with Crippen LogP contribution in [-0.4, -0.2) is 36.8 Å². The Balaban J connectivity index is 0.000000170. The second-order valence-corrected chi connectivity index (χ2v) is 39.6. The van der Waals surface area contributed by atoms with Crippen LogP contribution in [0.3, 0.4) is 0 Å². The highest BCUT2D eigenvalue weighted by Gasteiger charge is 2.40. The molecule has 20 aromatic rings. The summed E-state index contributed by atoms with van der Waals surface area (Å²) in [5.41, 5.74) is 54.1. The lowest BCUT2D eigenvalue weighted by Gasteiger charge is -2.31. The van der Waals surface area contributed by atoms with Gasteiger partial charge in [0.2, 0.25) is 26.9 Å². The summed E-state index contributed by atoms with van der Waals surface area (Å²) >= 11 is 0. The van der Waals surface area contributed by atoms with Crippen LogP contribution in [0.5, 0.6) is 0 Å². The van der Waals surface area contributed by atoms with E-state index in [1.165, 1.54) is 280 Å². The van der Waals surface area contributed by atoms with Gasteiger partial charge in [-0.3, -0.25) is 0 Å². The average Bonchev–Trinajstić information content (AvgIpc) is 0.713. The van der Waals surface area contributed by atoms with Crippen LogP contribution in [0.25, 0.3) is 109 Å². The number of hydrogen-bond donors (Lipinski definition) is 0. The SMILES string of the molecule is Cc1cc(C)c(B(c2cc(B(c3c(C)cc(C)cc3C)c3c(C)cc(C)cc3C)cc(-c3nc4c5ccccc5ccc4c4c3ccc3ccccc34)c2)c2c(C)cc(C)cc2C)c(C)c1.Cc1cc(C)c(B(c2cccc(B(c3c(C)cc(C)cc3C)c3c(C)cc(C)cc3C)c2-c2nc3c4ccccc4ccc3c3c2ccc2ccccc23)c2c(C)cc(C)cc2C)c(C)c1. The zero-order valence-electron chi connectivity index (χ0n) is 81.8. The highest BCUT2D eigenvalue weighted by atomic mass is 14.7. The van der Waals surface area contributed by atoms with Crippen molar-refractivity contribution in [1.82, 2.24) is 9.97 Å². The van der Waals surface area contributed by atoms with E-state index >= 15 is 0 Å². The third-order valence-electron chi connectivity index (χ3n) is 29.3. The fourth-order valence-electron chi connectivity index (χ4n) is 25.0. The maximum atomic E-state index is 6.11. The molecule has 18 aromatic carbocycles. The van der Waals surface area contributed by atoms with Crippen LogP contribution in [-0.2, 0) is 0 Å². The van der Waals surface area contributed by atoms with Gasteiger partial charge >= 0.3 is 0 Å². The largest absolute Gasteiger partial charge is 0.247 e. The molecule has 132 heavy (non-hydrogen) atoms. The maximum Gasteiger partial charge on any atom is 0.243 e. The topological polar surface area (TPSA) is 25.8 Å². The number of pyridine rings is 2. The molecule has 0 aliphatic heterocycles. The predicted octanol–water partition coefficient (Wildman–Crippen LogP) is 24.2. The number of aromatic nitrogens is 2. The molecule has 0 spiro atoms. The van der Waals surface area contributed by atoms with Gasteiger partial charge in [0.1, 0.15) is 0 Å². The molecule has 2 aromatic heterocycles. The smallest absolute Gasteiger partial charge is 0.243 e. The molecular formula is C126H118B4N2. The van der Waals surface area contributed by atoms with Crippen LogP contribution < -0.4 is 65.6 Å². The Morgan fingerprint density at radius 3 is 0.667 bits per heavy atom. The lowest BCUT2D eigenvalue weighted by atomic mass is 9.30. The molecule has 0 N–H and O–H groups in total. The Bertz CT molecular complexity index is 7530. The minimum atomic E-state index is -0.0808. The molecule has 0 aliphatic carbocycles. The minimum Gasteiger partial charge on any atom is -0.247 e. The second kappa shape index (κ2) is 34.7. The van der Waals surface area contributed by atoms with E-state index in [0.29, 0.717) is 0 Å². The van der Waals surface area contributed by atoms with Gasteiger partial charge < -0.3 is 0 Å². The lowest BCUT2D eigenvalue weighted by Crippen LogP contribution is -2.61. The van der Waals surface area contributed by atoms with E-state index < -0.39 is 0 Å². The summed E-state index contributed by atoms with van der Waals surface area (Å²) in [6.45, 7) is 54.8. The van der Waals surface area contributed by atoms with E-state index in [0.717, 1.165) is 28.0 Å². The third-order valence-corrected chi connectivity index (χ3v) is 29.3. The second-order valence-electron chi connectivity index (χ2n) is 39.6. The summed E-state index contributed by atoms with van der Waals surface area (Å²) in [5, 5.41) is 16.9. The molecule has 0 saturated carbocycles. The van der Waals surface area contributed by atoms with Crippen LogP contribution in [0, 0.1) is 166 Å². The molecule has 0 fully saturated rings. The molecule has 20 rings (SSSR count). The van der Waals surface area contributed by atoms with Gasteiger partial charge in [0, 0.05) is 43.1 Å². The molecule has 0 radical (unpaired) electrons. The fourth-order valence-corrected chi connectivity index (χ4v) is 25.0. The predicted molar refractivity (Wildman–Crippen MR) is 583 cm³/mol. The molecular weight excluding hydrogens is 1580 g/mol. The van der Waals surface area contributed by atoms with Crippen molar-refractivity contribution in [1.29, 1.82) is 0 Å². The van der Waals surface area contributed by atoms with Crippen LogP contribution >= 0.6 is 0 Å². The van der Waals surface area contributed by atoms with E-state index in [-0.39, 0.29) is 26.9 Å². The highest BCUT2D eigenvalue weighted by molar-refractivity contribution is 7.01. The number of rotatable bonds is 14. The van der Waals surface area contributed by atoms with Crippen molar-refractivity contribution in [2.75, 3.05) is 0 Å². The summed E-state index contributed by atoms with van der Waals surface area (Å²) in [4.78, 5) is 12.0. The monoisotopic (exact) mass is 1700 g/mol. The van der Waals surface area contributed by atoms with Gasteiger partial charge in [0.15, 0.2) is 0 Å². The van der Waals surface area contributed by atoms with Crippen molar-refractivity contribution < 1.29 is 0 Å². The van der Waals surface area contributed by atoms with Crippen molar-refractivity contribution in [2.45, 2.75) is 166 Å². The molecule has 0 saturated heterocycles. The Morgan fingerprint density at radius 1 is 0.174 bits per heavy atom. The molecule has 2 nitrogen and oxygen atoms in total.